The Bertz CT molecular complexity index is 477. The Labute approximate surface area is 111 Å². The molecule has 0 saturated carbocycles. The summed E-state index contributed by atoms with van der Waals surface area (Å²) in [7, 11) is 1.60. The minimum absolute atomic E-state index is 0.172. The Balaban J connectivity index is 3.09. The average Bonchev–Trinajstić information content (AvgIpc) is 2.33. The molecule has 1 aromatic carbocycles. The van der Waals surface area contributed by atoms with E-state index in [9.17, 15) is 13.6 Å². The molecule has 0 saturated heterocycles. The van der Waals surface area contributed by atoms with E-state index in [2.05, 4.69) is 0 Å². The van der Waals surface area contributed by atoms with Crippen molar-refractivity contribution in [1.29, 1.82) is 0 Å². The summed E-state index contributed by atoms with van der Waals surface area (Å²) in [6, 6.07) is 1.03. The van der Waals surface area contributed by atoms with E-state index in [1.165, 1.54) is 11.8 Å². The standard InChI is InChI=1S/C14H19F2NO2/c1-5-13(14(18)19)17(4)9(3)10-7-11(15)8(2)6-12(10)16/h6-7,9,13H,5H2,1-4H3,(H,18,19). The number of likely N-dealkylation sites (N-methyl/N-ethyl adjacent to an activating group) is 1. The molecule has 1 N–H and O–H groups in total. The van der Waals surface area contributed by atoms with Gasteiger partial charge in [-0.2, -0.15) is 0 Å². The number of nitrogens with zero attached hydrogens (tertiary/aromatic N) is 1. The third-order valence-corrected chi connectivity index (χ3v) is 3.50. The molecule has 0 aliphatic carbocycles. The van der Waals surface area contributed by atoms with Gasteiger partial charge in [-0.3, -0.25) is 9.69 Å². The van der Waals surface area contributed by atoms with Gasteiger partial charge < -0.3 is 5.11 Å². The van der Waals surface area contributed by atoms with Crippen LogP contribution in [0.15, 0.2) is 12.1 Å². The quantitative estimate of drug-likeness (QED) is 0.894. The predicted octanol–water partition coefficient (Wildman–Crippen LogP) is 3.13. The number of benzene rings is 1. The normalized spacial score (nSPS) is 14.5. The van der Waals surface area contributed by atoms with Crippen LogP contribution in [0.3, 0.4) is 0 Å². The summed E-state index contributed by atoms with van der Waals surface area (Å²) in [6.45, 7) is 4.90. The van der Waals surface area contributed by atoms with E-state index in [-0.39, 0.29) is 11.1 Å². The molecule has 2 unspecified atom stereocenters. The first-order valence-corrected chi connectivity index (χ1v) is 6.19. The Morgan fingerprint density at radius 2 is 1.95 bits per heavy atom. The van der Waals surface area contributed by atoms with Crippen LogP contribution < -0.4 is 0 Å². The van der Waals surface area contributed by atoms with Gasteiger partial charge in [-0.15, -0.1) is 0 Å². The number of carboxylic acids is 1. The van der Waals surface area contributed by atoms with Gasteiger partial charge in [0.15, 0.2) is 0 Å². The maximum atomic E-state index is 13.9. The Hall–Kier alpha value is -1.49. The molecule has 2 atom stereocenters. The van der Waals surface area contributed by atoms with Gasteiger partial charge in [-0.1, -0.05) is 6.92 Å². The molecular weight excluding hydrogens is 252 g/mol. The lowest BCUT2D eigenvalue weighted by Gasteiger charge is -2.30. The van der Waals surface area contributed by atoms with Crippen LogP contribution in [-0.4, -0.2) is 29.1 Å². The second-order valence-electron chi connectivity index (χ2n) is 4.73. The van der Waals surface area contributed by atoms with Gasteiger partial charge in [0.2, 0.25) is 0 Å². The van der Waals surface area contributed by atoms with Crippen LogP contribution >= 0.6 is 0 Å². The molecule has 106 valence electrons. The molecule has 0 fully saturated rings. The first kappa shape index (κ1) is 15.6. The number of halogens is 2. The zero-order chi connectivity index (χ0) is 14.7. The predicted molar refractivity (Wildman–Crippen MR) is 69.0 cm³/mol. The highest BCUT2D eigenvalue weighted by Crippen LogP contribution is 2.26. The van der Waals surface area contributed by atoms with Crippen molar-refractivity contribution in [3.63, 3.8) is 0 Å². The number of rotatable bonds is 5. The van der Waals surface area contributed by atoms with Gasteiger partial charge in [-0.25, -0.2) is 8.78 Å². The second kappa shape index (κ2) is 6.10. The molecule has 3 nitrogen and oxygen atoms in total. The monoisotopic (exact) mass is 271 g/mol. The van der Waals surface area contributed by atoms with Crippen LogP contribution in [-0.2, 0) is 4.79 Å². The first-order chi connectivity index (χ1) is 8.79. The Kier molecular flexibility index (Phi) is 5.00. The molecule has 0 aliphatic rings. The van der Waals surface area contributed by atoms with E-state index < -0.39 is 29.7 Å². The van der Waals surface area contributed by atoms with Gasteiger partial charge in [0.25, 0.3) is 0 Å². The minimum Gasteiger partial charge on any atom is -0.480 e. The van der Waals surface area contributed by atoms with Crippen molar-refractivity contribution >= 4 is 5.97 Å². The van der Waals surface area contributed by atoms with Crippen molar-refractivity contribution < 1.29 is 18.7 Å². The SMILES string of the molecule is CCC(C(=O)O)N(C)C(C)c1cc(F)c(C)cc1F. The van der Waals surface area contributed by atoms with Gasteiger partial charge in [0.1, 0.15) is 17.7 Å². The molecule has 0 bridgehead atoms. The molecule has 0 aliphatic heterocycles. The van der Waals surface area contributed by atoms with Crippen molar-refractivity contribution in [2.45, 2.75) is 39.3 Å². The number of hydrogen-bond donors (Lipinski definition) is 1. The number of hydrogen-bond acceptors (Lipinski definition) is 2. The van der Waals surface area contributed by atoms with E-state index in [0.717, 1.165) is 12.1 Å². The maximum Gasteiger partial charge on any atom is 0.320 e. The lowest BCUT2D eigenvalue weighted by atomic mass is 10.0. The van der Waals surface area contributed by atoms with E-state index >= 15 is 0 Å². The van der Waals surface area contributed by atoms with Gasteiger partial charge in [0.05, 0.1) is 0 Å². The van der Waals surface area contributed by atoms with Crippen molar-refractivity contribution in [3.8, 4) is 0 Å². The fraction of sp³-hybridized carbons (Fsp3) is 0.500. The van der Waals surface area contributed by atoms with Crippen LogP contribution in [0, 0.1) is 18.6 Å². The van der Waals surface area contributed by atoms with Gasteiger partial charge in [-0.05, 0) is 45.0 Å². The van der Waals surface area contributed by atoms with Crippen LogP contribution in [0.5, 0.6) is 0 Å². The lowest BCUT2D eigenvalue weighted by molar-refractivity contribution is -0.143. The molecule has 0 aromatic heterocycles. The molecule has 0 spiro atoms. The molecule has 0 amide bonds. The summed E-state index contributed by atoms with van der Waals surface area (Å²) in [4.78, 5) is 12.6. The number of aryl methyl sites for hydroxylation is 1. The fourth-order valence-electron chi connectivity index (χ4n) is 2.11. The number of carboxylic acid groups (broad SMARTS) is 1. The van der Waals surface area contributed by atoms with Crippen LogP contribution in [0.1, 0.15) is 37.4 Å². The second-order valence-corrected chi connectivity index (χ2v) is 4.73. The summed E-state index contributed by atoms with van der Waals surface area (Å²) in [5.41, 5.74) is 0.409. The topological polar surface area (TPSA) is 40.5 Å². The fourth-order valence-corrected chi connectivity index (χ4v) is 2.11. The van der Waals surface area contributed by atoms with Crippen molar-refractivity contribution in [3.05, 3.63) is 34.9 Å². The third-order valence-electron chi connectivity index (χ3n) is 3.50. The highest BCUT2D eigenvalue weighted by Gasteiger charge is 2.27. The van der Waals surface area contributed by atoms with Crippen molar-refractivity contribution in [2.75, 3.05) is 7.05 Å². The number of carbonyl (C=O) groups is 1. The largest absolute Gasteiger partial charge is 0.480 e. The maximum absolute atomic E-state index is 13.9. The molecule has 5 heteroatoms. The summed E-state index contributed by atoms with van der Waals surface area (Å²) in [6.07, 6.45) is 0.395. The smallest absolute Gasteiger partial charge is 0.320 e. The molecule has 0 heterocycles. The van der Waals surface area contributed by atoms with Gasteiger partial charge in [0, 0.05) is 11.6 Å². The molecule has 1 rings (SSSR count). The van der Waals surface area contributed by atoms with E-state index in [4.69, 9.17) is 5.11 Å². The summed E-state index contributed by atoms with van der Waals surface area (Å²) < 4.78 is 27.4. The zero-order valence-corrected chi connectivity index (χ0v) is 11.6. The highest BCUT2D eigenvalue weighted by atomic mass is 19.1. The molecular formula is C14H19F2NO2. The Morgan fingerprint density at radius 3 is 2.42 bits per heavy atom. The number of aliphatic carboxylic acids is 1. The van der Waals surface area contributed by atoms with Crippen LogP contribution in [0.25, 0.3) is 0 Å². The Morgan fingerprint density at radius 1 is 1.37 bits per heavy atom. The van der Waals surface area contributed by atoms with E-state index in [0.29, 0.717) is 6.42 Å². The lowest BCUT2D eigenvalue weighted by Crippen LogP contribution is -2.39. The zero-order valence-electron chi connectivity index (χ0n) is 11.6. The van der Waals surface area contributed by atoms with Gasteiger partial charge >= 0.3 is 5.97 Å². The average molecular weight is 271 g/mol. The molecule has 19 heavy (non-hydrogen) atoms. The van der Waals surface area contributed by atoms with E-state index in [1.807, 2.05) is 0 Å². The van der Waals surface area contributed by atoms with Crippen LogP contribution in [0.4, 0.5) is 8.78 Å². The first-order valence-electron chi connectivity index (χ1n) is 6.19. The summed E-state index contributed by atoms with van der Waals surface area (Å²) in [5.74, 6) is -1.97. The molecule has 0 radical (unpaired) electrons. The highest BCUT2D eigenvalue weighted by molar-refractivity contribution is 5.73. The molecule has 1 aromatic rings. The van der Waals surface area contributed by atoms with Crippen molar-refractivity contribution in [1.82, 2.24) is 4.90 Å². The van der Waals surface area contributed by atoms with Crippen LogP contribution in [0.2, 0.25) is 0 Å². The summed E-state index contributed by atoms with van der Waals surface area (Å²) >= 11 is 0. The van der Waals surface area contributed by atoms with Crippen molar-refractivity contribution in [2.24, 2.45) is 0 Å². The van der Waals surface area contributed by atoms with E-state index in [1.54, 1.807) is 20.9 Å². The third kappa shape index (κ3) is 3.29. The minimum atomic E-state index is -0.968. The summed E-state index contributed by atoms with van der Waals surface area (Å²) in [5, 5.41) is 9.10.